The number of hydrogen-bond acceptors (Lipinski definition) is 14. The van der Waals surface area contributed by atoms with Gasteiger partial charge in [0.05, 0.1) is 48.4 Å². The molecule has 492 valence electrons. The molecule has 20 nitrogen and oxygen atoms in total. The number of amides is 4. The minimum Gasteiger partial charge on any atom is -0.453 e. The standard InChI is InChI=1S/C72H94N10O10/c1-37(2)61(73)69(85)91-35-79-57-31-44(22-25-53(57)75-65(79)59-33-46-15-11-13-17-55(46)81(59)67(83)63(39(5)6)77-71(87)89-9)49-29-43-21-24-48-50(27-41-19-20-42(49)30-51(43)52(48)28-41)45-23-26-54-58(32-45)80(36-92-70(86)62(74)38(3)4)66(76-54)60-34-47-16-12-14-18-56(47)82(60)68(84)64(40(7)8)78-72(88)90-10/h22-23,25-32,37-40,43,46-47,51,55-56,59-64H,11-21,24,33-36,73-74H2,1-10H3,(H,77,87)(H,78,88)/t43?,46-,47-,51-,55-,56-,59?,60?,61-,62-,63-,64-/m0/s1. The van der Waals surface area contributed by atoms with Gasteiger partial charge in [0.1, 0.15) is 35.8 Å². The fourth-order valence-corrected chi connectivity index (χ4v) is 16.4. The maximum absolute atomic E-state index is 15.0. The molecule has 3 aromatic carbocycles. The number of likely N-dealkylation sites (tertiary alicyclic amines) is 2. The Kier molecular flexibility index (Phi) is 18.5. The number of nitrogens with zero attached hydrogens (tertiary/aromatic N) is 6. The van der Waals surface area contributed by atoms with Crippen LogP contribution in [-0.4, -0.2) is 115 Å². The predicted octanol–water partition coefficient (Wildman–Crippen LogP) is 11.1. The average Bonchev–Trinajstić information content (AvgIpc) is 1.32. The number of aromatic nitrogens is 4. The van der Waals surface area contributed by atoms with Crippen molar-refractivity contribution in [2.45, 2.75) is 213 Å². The van der Waals surface area contributed by atoms with Gasteiger partial charge >= 0.3 is 24.1 Å². The fourth-order valence-electron chi connectivity index (χ4n) is 16.4. The maximum atomic E-state index is 15.0. The SMILES string of the molecule is COC(=O)N[C@H](C(=O)N1C(c2nc3ccc(C4=CC5CCc6c(-c7ccc8nc(C9C[C@@H]%10CCCC[C@@H]%10N9C(=O)[C@@H](NC(=O)OC)C(C)C)n(COC(=O)[C@@H](N)C(C)C)c8c7)cc7cc6[C@H]5C=C4CC7)cc3n2COC(=O)[C@@H](N)C(C)C)C[C@@H]2CCCC[C@@H]21)C(C)C. The molecule has 2 saturated carbocycles. The molecule has 2 saturated heterocycles. The van der Waals surface area contributed by atoms with Crippen LogP contribution in [0.3, 0.4) is 0 Å². The van der Waals surface area contributed by atoms with Crippen molar-refractivity contribution in [2.75, 3.05) is 14.2 Å². The highest BCUT2D eigenvalue weighted by atomic mass is 16.6. The van der Waals surface area contributed by atoms with Gasteiger partial charge in [-0.2, -0.15) is 0 Å². The van der Waals surface area contributed by atoms with Gasteiger partial charge in [0.25, 0.3) is 0 Å². The van der Waals surface area contributed by atoms with Crippen LogP contribution in [0.4, 0.5) is 9.59 Å². The first-order chi connectivity index (χ1) is 44.1. The van der Waals surface area contributed by atoms with E-state index in [4.69, 9.17) is 40.4 Å². The fraction of sp³-hybridized carbons (Fsp3) is 0.583. The number of nitrogens with two attached hydrogens (primary N) is 2. The largest absolute Gasteiger partial charge is 0.453 e. The third kappa shape index (κ3) is 12.1. The summed E-state index contributed by atoms with van der Waals surface area (Å²) in [4.78, 5) is 97.4. The van der Waals surface area contributed by atoms with Gasteiger partial charge in [0, 0.05) is 18.0 Å². The van der Waals surface area contributed by atoms with Crippen LogP contribution < -0.4 is 22.1 Å². The molecule has 5 aliphatic carbocycles. The molecule has 0 spiro atoms. The predicted molar refractivity (Wildman–Crippen MR) is 350 cm³/mol. The number of methoxy groups -OCH3 is 2. The monoisotopic (exact) mass is 1260 g/mol. The van der Waals surface area contributed by atoms with Gasteiger partial charge in [-0.1, -0.05) is 117 Å². The molecule has 20 heteroatoms. The molecule has 2 aromatic heterocycles. The van der Waals surface area contributed by atoms with Gasteiger partial charge in [-0.15, -0.1) is 0 Å². The Morgan fingerprint density at radius 3 is 1.55 bits per heavy atom. The Bertz CT molecular complexity index is 3750. The summed E-state index contributed by atoms with van der Waals surface area (Å²) in [6.07, 6.45) is 16.2. The summed E-state index contributed by atoms with van der Waals surface area (Å²) in [6, 6.07) is 13.3. The van der Waals surface area contributed by atoms with E-state index in [-0.39, 0.29) is 84.7 Å². The normalized spacial score (nSPS) is 24.6. The van der Waals surface area contributed by atoms with E-state index in [1.54, 1.807) is 0 Å². The Hall–Kier alpha value is -7.58. The zero-order valence-electron chi connectivity index (χ0n) is 55.2. The Balaban J connectivity index is 0.896. The van der Waals surface area contributed by atoms with Crippen LogP contribution in [0.2, 0.25) is 0 Å². The van der Waals surface area contributed by atoms with E-state index in [1.165, 1.54) is 47.6 Å². The number of benzene rings is 3. The lowest BCUT2D eigenvalue weighted by atomic mass is 9.66. The Morgan fingerprint density at radius 2 is 1.07 bits per heavy atom. The van der Waals surface area contributed by atoms with Gasteiger partial charge < -0.3 is 50.8 Å². The van der Waals surface area contributed by atoms with E-state index in [0.717, 1.165) is 110 Å². The Labute approximate surface area is 539 Å². The highest BCUT2D eigenvalue weighted by molar-refractivity contribution is 5.91. The number of ether oxygens (including phenoxy) is 4. The number of esters is 2. The summed E-state index contributed by atoms with van der Waals surface area (Å²) in [5.74, 6) is -0.00570. The van der Waals surface area contributed by atoms with Crippen molar-refractivity contribution in [2.24, 2.45) is 52.9 Å². The number of rotatable bonds is 18. The molecule has 12 atom stereocenters. The summed E-state index contributed by atoms with van der Waals surface area (Å²) >= 11 is 0. The number of fused-ring (bicyclic) bond motifs is 5. The van der Waals surface area contributed by atoms with Gasteiger partial charge in [0.2, 0.25) is 11.8 Å². The van der Waals surface area contributed by atoms with Crippen LogP contribution in [0.5, 0.6) is 0 Å². The van der Waals surface area contributed by atoms with E-state index in [0.29, 0.717) is 24.5 Å². The van der Waals surface area contributed by atoms with E-state index >= 15 is 9.59 Å². The van der Waals surface area contributed by atoms with Crippen molar-refractivity contribution in [3.63, 3.8) is 0 Å². The number of allylic oxidation sites excluding steroid dienone is 4. The topological polar surface area (TPSA) is 258 Å². The first-order valence-corrected chi connectivity index (χ1v) is 33.9. The lowest BCUT2D eigenvalue weighted by Gasteiger charge is -2.38. The number of carbonyl (C=O) groups is 6. The van der Waals surface area contributed by atoms with Crippen molar-refractivity contribution in [1.29, 1.82) is 0 Å². The van der Waals surface area contributed by atoms with E-state index in [1.807, 2.05) is 74.3 Å². The quantitative estimate of drug-likeness (QED) is 0.0470. The molecule has 5 aromatic rings. The molecule has 92 heavy (non-hydrogen) atoms. The lowest BCUT2D eigenvalue weighted by Crippen LogP contribution is -2.54. The number of nitrogens with one attached hydrogen (secondary N) is 2. The van der Waals surface area contributed by atoms with Crippen LogP contribution in [0.25, 0.3) is 38.8 Å². The molecule has 0 radical (unpaired) electrons. The number of aryl methyl sites for hydroxylation is 1. The molecule has 4 fully saturated rings. The number of alkyl carbamates (subject to hydrolysis) is 2. The zero-order chi connectivity index (χ0) is 65.1. The van der Waals surface area contributed by atoms with Crippen molar-refractivity contribution in [1.82, 2.24) is 39.5 Å². The minimum atomic E-state index is -0.829. The molecular weight excluding hydrogens is 1160 g/mol. The van der Waals surface area contributed by atoms with E-state index in [2.05, 4.69) is 71.3 Å². The van der Waals surface area contributed by atoms with Crippen LogP contribution in [0.1, 0.15) is 184 Å². The van der Waals surface area contributed by atoms with Gasteiger partial charge in [0.15, 0.2) is 13.5 Å². The maximum Gasteiger partial charge on any atom is 0.407 e. The highest BCUT2D eigenvalue weighted by Gasteiger charge is 2.51. The van der Waals surface area contributed by atoms with Crippen LogP contribution >= 0.6 is 0 Å². The smallest absolute Gasteiger partial charge is 0.407 e. The average molecular weight is 1260 g/mol. The summed E-state index contributed by atoms with van der Waals surface area (Å²) in [5, 5.41) is 5.69. The summed E-state index contributed by atoms with van der Waals surface area (Å²) in [5.41, 5.74) is 25.4. The third-order valence-electron chi connectivity index (χ3n) is 21.6. The molecule has 3 unspecified atom stereocenters. The minimum absolute atomic E-state index is 0.0404. The van der Waals surface area contributed by atoms with Crippen LogP contribution in [-0.2, 0) is 64.4 Å². The zero-order valence-corrected chi connectivity index (χ0v) is 55.2. The highest BCUT2D eigenvalue weighted by Crippen LogP contribution is 2.52. The van der Waals surface area contributed by atoms with E-state index in [9.17, 15) is 19.2 Å². The summed E-state index contributed by atoms with van der Waals surface area (Å²) in [6.45, 7) is 15.0. The van der Waals surface area contributed by atoms with Crippen LogP contribution in [0.15, 0.2) is 66.3 Å². The molecule has 4 amide bonds. The van der Waals surface area contributed by atoms with Crippen molar-refractivity contribution in [3.05, 3.63) is 100 Å². The Morgan fingerprint density at radius 1 is 0.576 bits per heavy atom. The second kappa shape index (κ2) is 26.4. The first kappa shape index (κ1) is 64.5. The lowest BCUT2D eigenvalue weighted by molar-refractivity contribution is -0.151. The van der Waals surface area contributed by atoms with Gasteiger partial charge in [-0.3, -0.25) is 28.3 Å². The van der Waals surface area contributed by atoms with Crippen molar-refractivity contribution < 1.29 is 47.7 Å². The molecule has 7 aliphatic rings. The third-order valence-corrected chi connectivity index (χ3v) is 21.6. The second-order valence-corrected chi connectivity index (χ2v) is 28.6. The molecule has 12 rings (SSSR count). The van der Waals surface area contributed by atoms with E-state index < -0.39 is 60.4 Å². The summed E-state index contributed by atoms with van der Waals surface area (Å²) < 4.78 is 26.2. The molecular formula is C72H94N10O10. The van der Waals surface area contributed by atoms with Crippen LogP contribution in [0, 0.1) is 41.4 Å². The van der Waals surface area contributed by atoms with Gasteiger partial charge in [-0.05, 0) is 174 Å². The molecule has 2 aliphatic heterocycles. The van der Waals surface area contributed by atoms with Crippen molar-refractivity contribution >= 4 is 63.6 Å². The second-order valence-electron chi connectivity index (χ2n) is 28.6. The number of carbonyl (C=O) groups excluding carboxylic acids is 6. The van der Waals surface area contributed by atoms with Gasteiger partial charge in [-0.25, -0.2) is 19.6 Å². The molecule has 6 N–H and O–H groups in total. The molecule has 4 heterocycles. The number of hydrogen-bond donors (Lipinski definition) is 4. The van der Waals surface area contributed by atoms with Crippen molar-refractivity contribution in [3.8, 4) is 11.1 Å². The summed E-state index contributed by atoms with van der Waals surface area (Å²) in [7, 11) is 2.60. The molecule has 4 bridgehead atoms. The first-order valence-electron chi connectivity index (χ1n) is 33.9. The number of imidazole rings is 2.